The van der Waals surface area contributed by atoms with E-state index in [0.29, 0.717) is 13.0 Å². The van der Waals surface area contributed by atoms with Gasteiger partial charge in [0.05, 0.1) is 0 Å². The van der Waals surface area contributed by atoms with Crippen LogP contribution in [0.4, 0.5) is 14.5 Å². The van der Waals surface area contributed by atoms with Crippen molar-refractivity contribution in [2.75, 3.05) is 11.4 Å². The van der Waals surface area contributed by atoms with Crippen LogP contribution in [0.1, 0.15) is 28.8 Å². The third kappa shape index (κ3) is 3.27. The van der Waals surface area contributed by atoms with Gasteiger partial charge in [0.25, 0.3) is 5.91 Å². The van der Waals surface area contributed by atoms with E-state index in [1.807, 2.05) is 0 Å². The molecule has 1 heterocycles. The number of anilines is 1. The molecule has 4 nitrogen and oxygen atoms in total. The Morgan fingerprint density at radius 2 is 1.75 bits per heavy atom. The SMILES string of the molecule is O=C(NCc1ccc(N2CCCC2=O)cc1)c1c(F)cccc1F. The number of carbonyl (C=O) groups is 2. The maximum Gasteiger partial charge on any atom is 0.257 e. The summed E-state index contributed by atoms with van der Waals surface area (Å²) in [7, 11) is 0. The van der Waals surface area contributed by atoms with Crippen molar-refractivity contribution in [2.45, 2.75) is 19.4 Å². The van der Waals surface area contributed by atoms with Crippen molar-refractivity contribution < 1.29 is 18.4 Å². The molecule has 1 aliphatic heterocycles. The average Bonchev–Trinajstić information content (AvgIpc) is 2.99. The van der Waals surface area contributed by atoms with Crippen molar-refractivity contribution in [3.05, 3.63) is 65.2 Å². The first-order valence-electron chi connectivity index (χ1n) is 7.68. The van der Waals surface area contributed by atoms with E-state index < -0.39 is 23.1 Å². The second kappa shape index (κ2) is 6.78. The van der Waals surface area contributed by atoms with Crippen LogP contribution in [-0.2, 0) is 11.3 Å². The zero-order valence-electron chi connectivity index (χ0n) is 12.9. The summed E-state index contributed by atoms with van der Waals surface area (Å²) in [5.41, 5.74) is 1.00. The number of carbonyl (C=O) groups excluding carboxylic acids is 2. The number of amides is 2. The van der Waals surface area contributed by atoms with Gasteiger partial charge in [-0.15, -0.1) is 0 Å². The molecule has 1 N–H and O–H groups in total. The van der Waals surface area contributed by atoms with Gasteiger partial charge >= 0.3 is 0 Å². The molecule has 1 aliphatic rings. The summed E-state index contributed by atoms with van der Waals surface area (Å²) >= 11 is 0. The van der Waals surface area contributed by atoms with Crippen LogP contribution in [0.2, 0.25) is 0 Å². The highest BCUT2D eigenvalue weighted by Gasteiger charge is 2.21. The number of halogens is 2. The molecule has 124 valence electrons. The Morgan fingerprint density at radius 1 is 1.08 bits per heavy atom. The van der Waals surface area contributed by atoms with Crippen LogP contribution < -0.4 is 10.2 Å². The van der Waals surface area contributed by atoms with E-state index in [4.69, 9.17) is 0 Å². The van der Waals surface area contributed by atoms with Gasteiger partial charge in [-0.3, -0.25) is 9.59 Å². The molecule has 0 spiro atoms. The van der Waals surface area contributed by atoms with Gasteiger partial charge in [0, 0.05) is 25.2 Å². The molecule has 0 bridgehead atoms. The molecule has 0 unspecified atom stereocenters. The third-order valence-electron chi connectivity index (χ3n) is 3.96. The van der Waals surface area contributed by atoms with E-state index in [1.54, 1.807) is 29.2 Å². The Bertz CT molecular complexity index is 755. The van der Waals surface area contributed by atoms with Crippen molar-refractivity contribution in [1.29, 1.82) is 0 Å². The second-order valence-electron chi connectivity index (χ2n) is 5.59. The molecule has 0 aliphatic carbocycles. The summed E-state index contributed by atoms with van der Waals surface area (Å²) < 4.78 is 27.1. The molecule has 2 amide bonds. The van der Waals surface area contributed by atoms with Crippen LogP contribution in [0.5, 0.6) is 0 Å². The molecule has 2 aromatic rings. The van der Waals surface area contributed by atoms with Gasteiger partial charge in [-0.25, -0.2) is 8.78 Å². The molecule has 1 saturated heterocycles. The maximum atomic E-state index is 13.6. The smallest absolute Gasteiger partial charge is 0.257 e. The minimum absolute atomic E-state index is 0.103. The van der Waals surface area contributed by atoms with Gasteiger partial charge in [-0.1, -0.05) is 18.2 Å². The van der Waals surface area contributed by atoms with Gasteiger partial charge in [0.15, 0.2) is 0 Å². The molecule has 0 aromatic heterocycles. The van der Waals surface area contributed by atoms with Crippen LogP contribution in [0.3, 0.4) is 0 Å². The first kappa shape index (κ1) is 16.1. The summed E-state index contributed by atoms with van der Waals surface area (Å²) in [6.07, 6.45) is 1.41. The largest absolute Gasteiger partial charge is 0.348 e. The van der Waals surface area contributed by atoms with Gasteiger partial charge in [0.2, 0.25) is 5.91 Å². The Morgan fingerprint density at radius 3 is 2.33 bits per heavy atom. The fourth-order valence-corrected chi connectivity index (χ4v) is 2.70. The second-order valence-corrected chi connectivity index (χ2v) is 5.59. The summed E-state index contributed by atoms with van der Waals surface area (Å²) in [5, 5.41) is 2.50. The van der Waals surface area contributed by atoms with E-state index in [-0.39, 0.29) is 12.5 Å². The normalized spacial score (nSPS) is 14.1. The molecule has 2 aromatic carbocycles. The number of nitrogens with one attached hydrogen (secondary N) is 1. The predicted molar refractivity (Wildman–Crippen MR) is 85.6 cm³/mol. The Kier molecular flexibility index (Phi) is 4.55. The highest BCUT2D eigenvalue weighted by Crippen LogP contribution is 2.21. The van der Waals surface area contributed by atoms with E-state index in [1.165, 1.54) is 6.07 Å². The first-order valence-corrected chi connectivity index (χ1v) is 7.68. The lowest BCUT2D eigenvalue weighted by Crippen LogP contribution is -2.25. The number of benzene rings is 2. The van der Waals surface area contributed by atoms with Crippen molar-refractivity contribution >= 4 is 17.5 Å². The van der Waals surface area contributed by atoms with Gasteiger partial charge in [-0.2, -0.15) is 0 Å². The highest BCUT2D eigenvalue weighted by atomic mass is 19.1. The van der Waals surface area contributed by atoms with Crippen molar-refractivity contribution in [3.8, 4) is 0 Å². The molecule has 6 heteroatoms. The average molecular weight is 330 g/mol. The molecule has 0 radical (unpaired) electrons. The Hall–Kier alpha value is -2.76. The predicted octanol–water partition coefficient (Wildman–Crippen LogP) is 3.02. The number of nitrogens with zero attached hydrogens (tertiary/aromatic N) is 1. The van der Waals surface area contributed by atoms with Crippen LogP contribution in [0, 0.1) is 11.6 Å². The molecule has 1 fully saturated rings. The fraction of sp³-hybridized carbons (Fsp3) is 0.222. The summed E-state index contributed by atoms with van der Waals surface area (Å²) in [6, 6.07) is 10.4. The fourth-order valence-electron chi connectivity index (χ4n) is 2.70. The third-order valence-corrected chi connectivity index (χ3v) is 3.96. The number of rotatable bonds is 4. The molecule has 0 atom stereocenters. The van der Waals surface area contributed by atoms with Crippen LogP contribution in [0.15, 0.2) is 42.5 Å². The van der Waals surface area contributed by atoms with Gasteiger partial charge in [0.1, 0.15) is 17.2 Å². The molecule has 0 saturated carbocycles. The lowest BCUT2D eigenvalue weighted by atomic mass is 10.1. The maximum absolute atomic E-state index is 13.6. The Labute approximate surface area is 138 Å². The van der Waals surface area contributed by atoms with Gasteiger partial charge in [-0.05, 0) is 36.2 Å². The van der Waals surface area contributed by atoms with Crippen molar-refractivity contribution in [2.24, 2.45) is 0 Å². The molecular formula is C18H16F2N2O2. The van der Waals surface area contributed by atoms with Gasteiger partial charge < -0.3 is 10.2 Å². The zero-order valence-corrected chi connectivity index (χ0v) is 12.9. The monoisotopic (exact) mass is 330 g/mol. The number of hydrogen-bond donors (Lipinski definition) is 1. The lowest BCUT2D eigenvalue weighted by molar-refractivity contribution is -0.117. The lowest BCUT2D eigenvalue weighted by Gasteiger charge is -2.16. The van der Waals surface area contributed by atoms with Crippen molar-refractivity contribution in [1.82, 2.24) is 5.32 Å². The minimum Gasteiger partial charge on any atom is -0.348 e. The van der Waals surface area contributed by atoms with E-state index in [2.05, 4.69) is 5.32 Å². The molecular weight excluding hydrogens is 314 g/mol. The summed E-state index contributed by atoms with van der Waals surface area (Å²) in [5.74, 6) is -2.48. The van der Waals surface area contributed by atoms with E-state index in [9.17, 15) is 18.4 Å². The molecule has 24 heavy (non-hydrogen) atoms. The topological polar surface area (TPSA) is 49.4 Å². The van der Waals surface area contributed by atoms with Crippen LogP contribution >= 0.6 is 0 Å². The standard InChI is InChI=1S/C18H16F2N2O2/c19-14-3-1-4-15(20)17(14)18(24)21-11-12-6-8-13(9-7-12)22-10-2-5-16(22)23/h1,3-4,6-9H,2,5,10-11H2,(H,21,24). The van der Waals surface area contributed by atoms with Crippen LogP contribution in [-0.4, -0.2) is 18.4 Å². The minimum atomic E-state index is -0.893. The summed E-state index contributed by atoms with van der Waals surface area (Å²) in [6.45, 7) is 0.850. The Balaban J connectivity index is 1.64. The first-order chi connectivity index (χ1) is 11.6. The quantitative estimate of drug-likeness (QED) is 0.937. The zero-order chi connectivity index (χ0) is 17.1. The molecule has 3 rings (SSSR count). The highest BCUT2D eigenvalue weighted by molar-refractivity contribution is 5.95. The van der Waals surface area contributed by atoms with Crippen molar-refractivity contribution in [3.63, 3.8) is 0 Å². The van der Waals surface area contributed by atoms with Crippen LogP contribution in [0.25, 0.3) is 0 Å². The van der Waals surface area contributed by atoms with E-state index >= 15 is 0 Å². The summed E-state index contributed by atoms with van der Waals surface area (Å²) in [4.78, 5) is 25.3. The van der Waals surface area contributed by atoms with E-state index in [0.717, 1.165) is 29.8 Å². The number of hydrogen-bond acceptors (Lipinski definition) is 2.